The second-order valence-corrected chi connectivity index (χ2v) is 7.06. The molecule has 0 bridgehead atoms. The first-order valence-electron chi connectivity index (χ1n) is 8.03. The maximum atomic E-state index is 13.3. The average molecular weight is 391 g/mol. The molecular weight excluding hydrogens is 375 g/mol. The number of fused-ring (bicyclic) bond motifs is 1. The van der Waals surface area contributed by atoms with Crippen LogP contribution < -0.4 is 10.6 Å². The molecule has 0 saturated carbocycles. The van der Waals surface area contributed by atoms with Gasteiger partial charge in [-0.2, -0.15) is 0 Å². The Hall–Kier alpha value is -2.44. The number of rotatable bonds is 5. The Morgan fingerprint density at radius 1 is 1.19 bits per heavy atom. The fourth-order valence-electron chi connectivity index (χ4n) is 2.57. The van der Waals surface area contributed by atoms with Crippen LogP contribution in [-0.2, 0) is 11.2 Å². The summed E-state index contributed by atoms with van der Waals surface area (Å²) in [4.78, 5) is 24.7. The van der Waals surface area contributed by atoms with E-state index in [-0.39, 0.29) is 22.4 Å². The molecule has 2 amide bonds. The van der Waals surface area contributed by atoms with Gasteiger partial charge >= 0.3 is 0 Å². The van der Waals surface area contributed by atoms with Crippen molar-refractivity contribution in [1.82, 2.24) is 5.32 Å². The van der Waals surface area contributed by atoms with Gasteiger partial charge in [-0.05, 0) is 36.2 Å². The third-order valence-corrected chi connectivity index (χ3v) is 5.54. The molecule has 2 aromatic carbocycles. The van der Waals surface area contributed by atoms with Crippen molar-refractivity contribution in [1.29, 1.82) is 0 Å². The van der Waals surface area contributed by atoms with E-state index in [4.69, 9.17) is 11.6 Å². The highest BCUT2D eigenvalue weighted by atomic mass is 35.5. The largest absolute Gasteiger partial charge is 0.342 e. The summed E-state index contributed by atoms with van der Waals surface area (Å²) in [5, 5.41) is 6.22. The van der Waals surface area contributed by atoms with Gasteiger partial charge in [0.1, 0.15) is 10.7 Å². The van der Waals surface area contributed by atoms with Crippen molar-refractivity contribution in [2.75, 3.05) is 11.9 Å². The lowest BCUT2D eigenvalue weighted by molar-refractivity contribution is -0.115. The SMILES string of the molecule is CCc1ccccc1NC(=O)CNC(=O)c1sc2cc(F)ccc2c1Cl. The Labute approximate surface area is 159 Å². The Morgan fingerprint density at radius 2 is 1.96 bits per heavy atom. The van der Waals surface area contributed by atoms with Crippen LogP contribution >= 0.6 is 22.9 Å². The van der Waals surface area contributed by atoms with Crippen molar-refractivity contribution >= 4 is 50.5 Å². The van der Waals surface area contributed by atoms with Crippen LogP contribution in [0.15, 0.2) is 42.5 Å². The first-order valence-corrected chi connectivity index (χ1v) is 9.22. The third kappa shape index (κ3) is 3.86. The van der Waals surface area contributed by atoms with Crippen LogP contribution in [0, 0.1) is 5.82 Å². The van der Waals surface area contributed by atoms with Gasteiger partial charge in [0.2, 0.25) is 5.91 Å². The molecule has 0 fully saturated rings. The summed E-state index contributed by atoms with van der Waals surface area (Å²) in [7, 11) is 0. The van der Waals surface area contributed by atoms with Crippen LogP contribution in [0.25, 0.3) is 10.1 Å². The summed E-state index contributed by atoms with van der Waals surface area (Å²) in [5.74, 6) is -1.19. The fraction of sp³-hybridized carbons (Fsp3) is 0.158. The highest BCUT2D eigenvalue weighted by Crippen LogP contribution is 2.35. The van der Waals surface area contributed by atoms with Crippen LogP contribution in [0.5, 0.6) is 0 Å². The van der Waals surface area contributed by atoms with E-state index in [0.29, 0.717) is 10.1 Å². The van der Waals surface area contributed by atoms with Crippen LogP contribution in [0.3, 0.4) is 0 Å². The van der Waals surface area contributed by atoms with Gasteiger partial charge in [-0.3, -0.25) is 9.59 Å². The van der Waals surface area contributed by atoms with Crippen molar-refractivity contribution in [2.24, 2.45) is 0 Å². The molecule has 26 heavy (non-hydrogen) atoms. The highest BCUT2D eigenvalue weighted by Gasteiger charge is 2.18. The first kappa shape index (κ1) is 18.4. The zero-order chi connectivity index (χ0) is 18.7. The van der Waals surface area contributed by atoms with Gasteiger partial charge in [0.05, 0.1) is 11.6 Å². The lowest BCUT2D eigenvalue weighted by Gasteiger charge is -2.10. The number of nitrogens with one attached hydrogen (secondary N) is 2. The van der Waals surface area contributed by atoms with Crippen molar-refractivity contribution in [2.45, 2.75) is 13.3 Å². The van der Waals surface area contributed by atoms with E-state index in [2.05, 4.69) is 10.6 Å². The van der Waals surface area contributed by atoms with E-state index in [1.165, 1.54) is 18.2 Å². The van der Waals surface area contributed by atoms with Crippen LogP contribution in [0.2, 0.25) is 5.02 Å². The van der Waals surface area contributed by atoms with Gasteiger partial charge < -0.3 is 10.6 Å². The molecule has 3 aromatic rings. The van der Waals surface area contributed by atoms with Crippen LogP contribution in [0.1, 0.15) is 22.2 Å². The van der Waals surface area contributed by atoms with E-state index >= 15 is 0 Å². The Morgan fingerprint density at radius 3 is 2.73 bits per heavy atom. The zero-order valence-electron chi connectivity index (χ0n) is 13.9. The molecule has 0 aliphatic heterocycles. The molecule has 7 heteroatoms. The summed E-state index contributed by atoms with van der Waals surface area (Å²) in [5.41, 5.74) is 1.74. The van der Waals surface area contributed by atoms with Gasteiger partial charge in [-0.15, -0.1) is 11.3 Å². The van der Waals surface area contributed by atoms with Crippen LogP contribution in [0.4, 0.5) is 10.1 Å². The van der Waals surface area contributed by atoms with Gasteiger partial charge in [0.15, 0.2) is 0 Å². The number of benzene rings is 2. The number of carbonyl (C=O) groups is 2. The van der Waals surface area contributed by atoms with Crippen molar-refractivity contribution < 1.29 is 14.0 Å². The first-order chi connectivity index (χ1) is 12.5. The van der Waals surface area contributed by atoms with Crippen molar-refractivity contribution in [3.8, 4) is 0 Å². The number of carbonyl (C=O) groups excluding carboxylic acids is 2. The minimum Gasteiger partial charge on any atom is -0.342 e. The molecule has 2 N–H and O–H groups in total. The Kier molecular flexibility index (Phi) is 5.54. The van der Waals surface area contributed by atoms with E-state index < -0.39 is 11.7 Å². The lowest BCUT2D eigenvalue weighted by atomic mass is 10.1. The van der Waals surface area contributed by atoms with Crippen LogP contribution in [-0.4, -0.2) is 18.4 Å². The predicted molar refractivity (Wildman–Crippen MR) is 104 cm³/mol. The monoisotopic (exact) mass is 390 g/mol. The molecule has 0 aliphatic rings. The molecule has 0 unspecified atom stereocenters. The van der Waals surface area contributed by atoms with Crippen molar-refractivity contribution in [3.05, 3.63) is 63.7 Å². The van der Waals surface area contributed by atoms with Gasteiger partial charge in [0, 0.05) is 15.8 Å². The Balaban J connectivity index is 1.67. The number of thiophene rings is 1. The van der Waals surface area contributed by atoms with Crippen molar-refractivity contribution in [3.63, 3.8) is 0 Å². The summed E-state index contributed by atoms with van der Waals surface area (Å²) in [6.45, 7) is 1.81. The lowest BCUT2D eigenvalue weighted by Crippen LogP contribution is -2.32. The van der Waals surface area contributed by atoms with E-state index in [0.717, 1.165) is 29.0 Å². The normalized spacial score (nSPS) is 10.7. The molecule has 0 spiro atoms. The topological polar surface area (TPSA) is 58.2 Å². The minimum atomic E-state index is -0.462. The fourth-order valence-corrected chi connectivity index (χ4v) is 4.03. The molecule has 1 aromatic heterocycles. The molecular formula is C19H16ClFN2O2S. The number of hydrogen-bond donors (Lipinski definition) is 2. The number of halogens is 2. The smallest absolute Gasteiger partial charge is 0.263 e. The van der Waals surface area contributed by atoms with Gasteiger partial charge in [-0.25, -0.2) is 4.39 Å². The number of amides is 2. The number of para-hydroxylation sites is 1. The predicted octanol–water partition coefficient (Wildman–Crippen LogP) is 4.62. The van der Waals surface area contributed by atoms with E-state index in [1.807, 2.05) is 31.2 Å². The molecule has 134 valence electrons. The molecule has 0 atom stereocenters. The summed E-state index contributed by atoms with van der Waals surface area (Å²) < 4.78 is 13.9. The molecule has 0 saturated heterocycles. The van der Waals surface area contributed by atoms with Gasteiger partial charge in [0.25, 0.3) is 5.91 Å². The Bertz CT molecular complexity index is 987. The number of hydrogen-bond acceptors (Lipinski definition) is 3. The second kappa shape index (κ2) is 7.85. The third-order valence-electron chi connectivity index (χ3n) is 3.88. The van der Waals surface area contributed by atoms with Gasteiger partial charge in [-0.1, -0.05) is 36.7 Å². The second-order valence-electron chi connectivity index (χ2n) is 5.63. The maximum absolute atomic E-state index is 13.3. The van der Waals surface area contributed by atoms with E-state index in [1.54, 1.807) is 0 Å². The highest BCUT2D eigenvalue weighted by molar-refractivity contribution is 7.21. The molecule has 1 heterocycles. The summed E-state index contributed by atoms with van der Waals surface area (Å²) in [6.07, 6.45) is 0.788. The number of anilines is 1. The molecule has 0 radical (unpaired) electrons. The minimum absolute atomic E-state index is 0.185. The molecule has 3 rings (SSSR count). The maximum Gasteiger partial charge on any atom is 0.263 e. The standard InChI is InChI=1S/C19H16ClFN2O2S/c1-2-11-5-3-4-6-14(11)23-16(24)10-22-19(25)18-17(20)13-8-7-12(21)9-15(13)26-18/h3-9H,2,10H2,1H3,(H,22,25)(H,23,24). The number of aryl methyl sites for hydroxylation is 1. The quantitative estimate of drug-likeness (QED) is 0.667. The molecule has 0 aliphatic carbocycles. The van der Waals surface area contributed by atoms with E-state index in [9.17, 15) is 14.0 Å². The summed E-state index contributed by atoms with van der Waals surface area (Å²) in [6, 6.07) is 11.7. The zero-order valence-corrected chi connectivity index (χ0v) is 15.5. The average Bonchev–Trinajstić information content (AvgIpc) is 2.96. The summed E-state index contributed by atoms with van der Waals surface area (Å²) >= 11 is 7.31. The molecule has 4 nitrogen and oxygen atoms in total.